The van der Waals surface area contributed by atoms with Gasteiger partial charge in [-0.3, -0.25) is 0 Å². The summed E-state index contributed by atoms with van der Waals surface area (Å²) >= 11 is 0. The zero-order valence-electron chi connectivity index (χ0n) is 12.4. The predicted molar refractivity (Wildman–Crippen MR) is 85.7 cm³/mol. The van der Waals surface area contributed by atoms with Crippen molar-refractivity contribution in [3.8, 4) is 11.5 Å². The fourth-order valence-electron chi connectivity index (χ4n) is 1.78. The van der Waals surface area contributed by atoms with Crippen molar-refractivity contribution in [2.75, 3.05) is 19.5 Å². The zero-order chi connectivity index (χ0) is 15.8. The average molecular weight is 299 g/mol. The Labute approximate surface area is 128 Å². The number of rotatable bonds is 5. The number of nitrogens with one attached hydrogen (secondary N) is 2. The Morgan fingerprint density at radius 2 is 1.86 bits per heavy atom. The van der Waals surface area contributed by atoms with Crippen LogP contribution in [0.15, 0.2) is 53.6 Å². The standard InChI is InChI=1S/C16H17N3O3/c1-21-14-8-9-15(22-2)12(10-14)11-17-19-16(20)18-13-6-4-3-5-7-13/h3-11H,1-2H3,(H2,18,19,20)/b17-11+. The zero-order valence-corrected chi connectivity index (χ0v) is 12.4. The minimum absolute atomic E-state index is 0.427. The third-order valence-corrected chi connectivity index (χ3v) is 2.84. The van der Waals surface area contributed by atoms with Gasteiger partial charge >= 0.3 is 6.03 Å². The number of methoxy groups -OCH3 is 2. The lowest BCUT2D eigenvalue weighted by Gasteiger charge is -2.07. The molecule has 0 radical (unpaired) electrons. The van der Waals surface area contributed by atoms with Gasteiger partial charge in [-0.05, 0) is 30.3 Å². The van der Waals surface area contributed by atoms with Crippen molar-refractivity contribution >= 4 is 17.9 Å². The molecule has 2 rings (SSSR count). The number of hydrogen-bond donors (Lipinski definition) is 2. The normalized spacial score (nSPS) is 10.3. The first kappa shape index (κ1) is 15.4. The first-order chi connectivity index (χ1) is 10.7. The van der Waals surface area contributed by atoms with Crippen LogP contribution < -0.4 is 20.2 Å². The van der Waals surface area contributed by atoms with Crippen molar-refractivity contribution in [3.05, 3.63) is 54.1 Å². The molecule has 6 nitrogen and oxygen atoms in total. The minimum atomic E-state index is -0.427. The SMILES string of the molecule is COc1ccc(OC)c(/C=N/NC(=O)Nc2ccccc2)c1. The lowest BCUT2D eigenvalue weighted by Crippen LogP contribution is -2.24. The minimum Gasteiger partial charge on any atom is -0.497 e. The number of nitrogens with zero attached hydrogens (tertiary/aromatic N) is 1. The molecule has 0 atom stereocenters. The topological polar surface area (TPSA) is 72.0 Å². The molecule has 22 heavy (non-hydrogen) atoms. The highest BCUT2D eigenvalue weighted by Gasteiger charge is 2.03. The van der Waals surface area contributed by atoms with Crippen LogP contribution in [0.3, 0.4) is 0 Å². The number of benzene rings is 2. The Morgan fingerprint density at radius 3 is 2.55 bits per heavy atom. The summed E-state index contributed by atoms with van der Waals surface area (Å²) in [6.45, 7) is 0. The Balaban J connectivity index is 1.98. The van der Waals surface area contributed by atoms with Gasteiger partial charge in [0.05, 0.1) is 20.4 Å². The van der Waals surface area contributed by atoms with Crippen LogP contribution in [-0.4, -0.2) is 26.5 Å². The number of hydrazone groups is 1. The Kier molecular flexibility index (Phi) is 5.37. The molecule has 0 aromatic heterocycles. The molecule has 0 heterocycles. The van der Waals surface area contributed by atoms with Crippen LogP contribution in [0, 0.1) is 0 Å². The number of urea groups is 1. The highest BCUT2D eigenvalue weighted by atomic mass is 16.5. The van der Waals surface area contributed by atoms with Gasteiger partial charge in [-0.25, -0.2) is 10.2 Å². The molecule has 2 aromatic rings. The van der Waals surface area contributed by atoms with Crippen molar-refractivity contribution in [2.24, 2.45) is 5.10 Å². The van der Waals surface area contributed by atoms with E-state index < -0.39 is 6.03 Å². The Bertz CT molecular complexity index is 657. The van der Waals surface area contributed by atoms with Gasteiger partial charge in [0.25, 0.3) is 0 Å². The second-order valence-corrected chi connectivity index (χ2v) is 4.30. The largest absolute Gasteiger partial charge is 0.497 e. The summed E-state index contributed by atoms with van der Waals surface area (Å²) in [5, 5.41) is 6.56. The lowest BCUT2D eigenvalue weighted by molar-refractivity contribution is 0.252. The van der Waals surface area contributed by atoms with E-state index in [9.17, 15) is 4.79 Å². The molecule has 0 spiro atoms. The van der Waals surface area contributed by atoms with Gasteiger partial charge in [0.15, 0.2) is 0 Å². The number of amides is 2. The van der Waals surface area contributed by atoms with Gasteiger partial charge in [-0.2, -0.15) is 5.10 Å². The second kappa shape index (κ2) is 7.68. The van der Waals surface area contributed by atoms with E-state index >= 15 is 0 Å². The van der Waals surface area contributed by atoms with Gasteiger partial charge in [0.1, 0.15) is 11.5 Å². The summed E-state index contributed by atoms with van der Waals surface area (Å²) in [5.74, 6) is 1.31. The lowest BCUT2D eigenvalue weighted by atomic mass is 10.2. The third kappa shape index (κ3) is 4.24. The van der Waals surface area contributed by atoms with E-state index in [1.165, 1.54) is 6.21 Å². The quantitative estimate of drug-likeness (QED) is 0.658. The molecule has 2 aromatic carbocycles. The summed E-state index contributed by atoms with van der Waals surface area (Å²) in [6, 6.07) is 14.0. The van der Waals surface area contributed by atoms with Crippen LogP contribution in [-0.2, 0) is 0 Å². The van der Waals surface area contributed by atoms with Crippen molar-refractivity contribution in [2.45, 2.75) is 0 Å². The molecule has 0 bridgehead atoms. The summed E-state index contributed by atoms with van der Waals surface area (Å²) in [5.41, 5.74) is 3.78. The molecule has 2 N–H and O–H groups in total. The monoisotopic (exact) mass is 299 g/mol. The molecule has 6 heteroatoms. The number of para-hydroxylation sites is 1. The van der Waals surface area contributed by atoms with Crippen LogP contribution in [0.2, 0.25) is 0 Å². The fraction of sp³-hybridized carbons (Fsp3) is 0.125. The summed E-state index contributed by atoms with van der Waals surface area (Å²) in [4.78, 5) is 11.7. The smallest absolute Gasteiger partial charge is 0.339 e. The molecule has 0 unspecified atom stereocenters. The summed E-state index contributed by atoms with van der Waals surface area (Å²) in [7, 11) is 3.14. The van der Waals surface area contributed by atoms with E-state index in [-0.39, 0.29) is 0 Å². The molecule has 0 saturated heterocycles. The van der Waals surface area contributed by atoms with E-state index in [4.69, 9.17) is 9.47 Å². The van der Waals surface area contributed by atoms with E-state index in [1.54, 1.807) is 44.6 Å². The number of carbonyl (C=O) groups is 1. The molecule has 0 aliphatic heterocycles. The van der Waals surface area contributed by atoms with Gasteiger partial charge < -0.3 is 14.8 Å². The number of hydrogen-bond acceptors (Lipinski definition) is 4. The molecular weight excluding hydrogens is 282 g/mol. The highest BCUT2D eigenvalue weighted by Crippen LogP contribution is 2.22. The molecular formula is C16H17N3O3. The van der Waals surface area contributed by atoms with Gasteiger partial charge in [-0.1, -0.05) is 18.2 Å². The summed E-state index contributed by atoms with van der Waals surface area (Å²) < 4.78 is 10.4. The summed E-state index contributed by atoms with van der Waals surface area (Å²) in [6.07, 6.45) is 1.49. The van der Waals surface area contributed by atoms with E-state index in [2.05, 4.69) is 15.8 Å². The van der Waals surface area contributed by atoms with Gasteiger partial charge in [0, 0.05) is 11.3 Å². The third-order valence-electron chi connectivity index (χ3n) is 2.84. The van der Waals surface area contributed by atoms with E-state index in [0.29, 0.717) is 22.7 Å². The van der Waals surface area contributed by atoms with Crippen LogP contribution in [0.5, 0.6) is 11.5 Å². The van der Waals surface area contributed by atoms with Crippen LogP contribution >= 0.6 is 0 Å². The maximum absolute atomic E-state index is 11.7. The maximum Gasteiger partial charge on any atom is 0.339 e. The number of carbonyl (C=O) groups excluding carboxylic acids is 1. The van der Waals surface area contributed by atoms with Crippen molar-refractivity contribution in [3.63, 3.8) is 0 Å². The van der Waals surface area contributed by atoms with Crippen molar-refractivity contribution < 1.29 is 14.3 Å². The maximum atomic E-state index is 11.7. The molecule has 0 fully saturated rings. The molecule has 2 amide bonds. The van der Waals surface area contributed by atoms with E-state index in [0.717, 1.165) is 0 Å². The van der Waals surface area contributed by atoms with Crippen LogP contribution in [0.4, 0.5) is 10.5 Å². The Hall–Kier alpha value is -3.02. The van der Waals surface area contributed by atoms with Gasteiger partial charge in [0.2, 0.25) is 0 Å². The number of anilines is 1. The average Bonchev–Trinajstić information content (AvgIpc) is 2.55. The van der Waals surface area contributed by atoms with Crippen molar-refractivity contribution in [1.29, 1.82) is 0 Å². The highest BCUT2D eigenvalue weighted by molar-refractivity contribution is 5.91. The van der Waals surface area contributed by atoms with Crippen molar-refractivity contribution in [1.82, 2.24) is 5.43 Å². The first-order valence-corrected chi connectivity index (χ1v) is 6.60. The molecule has 0 aliphatic rings. The van der Waals surface area contributed by atoms with E-state index in [1.807, 2.05) is 18.2 Å². The number of ether oxygens (including phenoxy) is 2. The molecule has 0 saturated carbocycles. The first-order valence-electron chi connectivity index (χ1n) is 6.60. The second-order valence-electron chi connectivity index (χ2n) is 4.30. The van der Waals surface area contributed by atoms with Crippen LogP contribution in [0.25, 0.3) is 0 Å². The Morgan fingerprint density at radius 1 is 1.09 bits per heavy atom. The van der Waals surface area contributed by atoms with Gasteiger partial charge in [-0.15, -0.1) is 0 Å². The fourth-order valence-corrected chi connectivity index (χ4v) is 1.78. The molecule has 0 aliphatic carbocycles. The van der Waals surface area contributed by atoms with Crippen LogP contribution in [0.1, 0.15) is 5.56 Å². The predicted octanol–water partition coefficient (Wildman–Crippen LogP) is 2.86. The molecule has 114 valence electrons.